The van der Waals surface area contributed by atoms with Gasteiger partial charge in [0.2, 0.25) is 0 Å². The summed E-state index contributed by atoms with van der Waals surface area (Å²) in [5.41, 5.74) is 0. The van der Waals surface area contributed by atoms with E-state index >= 15 is 0 Å². The Labute approximate surface area is 102 Å². The number of aliphatic hydroxyl groups excluding tert-OH is 1. The molecule has 0 aliphatic carbocycles. The molecule has 5 heteroatoms. The van der Waals surface area contributed by atoms with E-state index in [9.17, 15) is 4.79 Å². The Morgan fingerprint density at radius 3 is 2.82 bits per heavy atom. The second-order valence-electron chi connectivity index (χ2n) is 4.45. The summed E-state index contributed by atoms with van der Waals surface area (Å²) in [6, 6.07) is 0. The van der Waals surface area contributed by atoms with Crippen molar-refractivity contribution in [3.63, 3.8) is 0 Å². The second kappa shape index (κ2) is 6.33. The number of carbonyl (C=O) groups is 1. The highest BCUT2D eigenvalue weighted by Gasteiger charge is 2.36. The van der Waals surface area contributed by atoms with Gasteiger partial charge in [0.25, 0.3) is 0 Å². The van der Waals surface area contributed by atoms with Gasteiger partial charge in [0.15, 0.2) is 12.1 Å². The third-order valence-electron chi connectivity index (χ3n) is 2.85. The van der Waals surface area contributed by atoms with Crippen LogP contribution >= 0.6 is 0 Å². The van der Waals surface area contributed by atoms with Crippen LogP contribution in [0.15, 0.2) is 0 Å². The summed E-state index contributed by atoms with van der Waals surface area (Å²) >= 11 is 0. The summed E-state index contributed by atoms with van der Waals surface area (Å²) in [6.45, 7) is 6.17. The van der Waals surface area contributed by atoms with Gasteiger partial charge in [-0.1, -0.05) is 13.8 Å². The zero-order valence-electron chi connectivity index (χ0n) is 10.8. The second-order valence-corrected chi connectivity index (χ2v) is 4.45. The maximum Gasteiger partial charge on any atom is 0.308 e. The molecule has 0 saturated carbocycles. The molecule has 0 aromatic rings. The molecular formula is C12H22O5. The lowest BCUT2D eigenvalue weighted by Crippen LogP contribution is -2.28. The molecule has 0 amide bonds. The molecular weight excluding hydrogens is 224 g/mol. The molecule has 3 unspecified atom stereocenters. The van der Waals surface area contributed by atoms with E-state index in [1.54, 1.807) is 6.92 Å². The Morgan fingerprint density at radius 1 is 1.59 bits per heavy atom. The predicted molar refractivity (Wildman–Crippen MR) is 61.1 cm³/mol. The van der Waals surface area contributed by atoms with Gasteiger partial charge < -0.3 is 19.3 Å². The highest BCUT2D eigenvalue weighted by molar-refractivity contribution is 5.69. The van der Waals surface area contributed by atoms with Crippen LogP contribution in [0.2, 0.25) is 0 Å². The summed E-state index contributed by atoms with van der Waals surface area (Å²) in [5, 5.41) is 9.16. The van der Waals surface area contributed by atoms with Gasteiger partial charge in [-0.25, -0.2) is 0 Å². The Balaban J connectivity index is 2.28. The van der Waals surface area contributed by atoms with Crippen LogP contribution in [-0.4, -0.2) is 35.9 Å². The number of hydrogen-bond acceptors (Lipinski definition) is 5. The molecule has 5 nitrogen and oxygen atoms in total. The zero-order chi connectivity index (χ0) is 12.9. The fourth-order valence-electron chi connectivity index (χ4n) is 1.65. The van der Waals surface area contributed by atoms with Gasteiger partial charge in [-0.05, 0) is 13.3 Å². The van der Waals surface area contributed by atoms with Gasteiger partial charge in [-0.15, -0.1) is 0 Å². The van der Waals surface area contributed by atoms with Gasteiger partial charge in [0.05, 0.1) is 19.1 Å². The zero-order valence-corrected chi connectivity index (χ0v) is 10.8. The molecule has 1 fully saturated rings. The van der Waals surface area contributed by atoms with E-state index in [1.165, 1.54) is 0 Å². The minimum Gasteiger partial charge on any atom is -0.436 e. The van der Waals surface area contributed by atoms with Crippen molar-refractivity contribution in [3.05, 3.63) is 0 Å². The van der Waals surface area contributed by atoms with Crippen LogP contribution in [0.4, 0.5) is 0 Å². The van der Waals surface area contributed by atoms with Crippen LogP contribution < -0.4 is 0 Å². The maximum atomic E-state index is 11.4. The van der Waals surface area contributed by atoms with Gasteiger partial charge in [-0.2, -0.15) is 0 Å². The van der Waals surface area contributed by atoms with Crippen molar-refractivity contribution in [2.75, 3.05) is 6.61 Å². The summed E-state index contributed by atoms with van der Waals surface area (Å²) < 4.78 is 16.0. The fourth-order valence-corrected chi connectivity index (χ4v) is 1.65. The van der Waals surface area contributed by atoms with Crippen LogP contribution in [-0.2, 0) is 19.0 Å². The fraction of sp³-hybridized carbons (Fsp3) is 0.917. The highest BCUT2D eigenvalue weighted by Crippen LogP contribution is 2.29. The third-order valence-corrected chi connectivity index (χ3v) is 2.85. The van der Waals surface area contributed by atoms with E-state index < -0.39 is 18.0 Å². The number of hydrogen-bond donors (Lipinski definition) is 1. The molecule has 1 heterocycles. The van der Waals surface area contributed by atoms with Gasteiger partial charge in [0, 0.05) is 12.8 Å². The maximum absolute atomic E-state index is 11.4. The van der Waals surface area contributed by atoms with Crippen molar-refractivity contribution < 1.29 is 24.1 Å². The van der Waals surface area contributed by atoms with E-state index in [0.29, 0.717) is 19.4 Å². The standard InChI is InChI=1S/C12H22O5/c1-4-9-8-15-12(3,17-9)7-6-11(14)16-10(13)5-2/h9-10,13H,4-8H2,1-3H3. The van der Waals surface area contributed by atoms with Gasteiger partial charge >= 0.3 is 5.97 Å². The molecule has 1 rings (SSSR count). The molecule has 0 aromatic heterocycles. The van der Waals surface area contributed by atoms with E-state index in [0.717, 1.165) is 6.42 Å². The number of esters is 1. The van der Waals surface area contributed by atoms with Crippen molar-refractivity contribution in [1.82, 2.24) is 0 Å². The molecule has 1 N–H and O–H groups in total. The Bertz CT molecular complexity index is 255. The van der Waals surface area contributed by atoms with Crippen molar-refractivity contribution in [2.24, 2.45) is 0 Å². The van der Waals surface area contributed by atoms with Crippen LogP contribution in [0, 0.1) is 0 Å². The van der Waals surface area contributed by atoms with Crippen molar-refractivity contribution in [2.45, 2.75) is 64.6 Å². The molecule has 3 atom stereocenters. The van der Waals surface area contributed by atoms with Crippen molar-refractivity contribution in [1.29, 1.82) is 0 Å². The van der Waals surface area contributed by atoms with Crippen molar-refractivity contribution >= 4 is 5.97 Å². The summed E-state index contributed by atoms with van der Waals surface area (Å²) in [5.74, 6) is -1.12. The first-order valence-corrected chi connectivity index (χ1v) is 6.18. The average Bonchev–Trinajstić information content (AvgIpc) is 2.69. The van der Waals surface area contributed by atoms with Crippen molar-refractivity contribution in [3.8, 4) is 0 Å². The summed E-state index contributed by atoms with van der Waals surface area (Å²) in [6.07, 6.45) is 1.02. The Morgan fingerprint density at radius 2 is 2.29 bits per heavy atom. The lowest BCUT2D eigenvalue weighted by Gasteiger charge is -2.22. The van der Waals surface area contributed by atoms with Gasteiger partial charge in [-0.3, -0.25) is 4.79 Å². The highest BCUT2D eigenvalue weighted by atomic mass is 16.7. The molecule has 100 valence electrons. The monoisotopic (exact) mass is 246 g/mol. The first kappa shape index (κ1) is 14.4. The molecule has 0 bridgehead atoms. The SMILES string of the molecule is CCC(O)OC(=O)CCC1(C)OCC(CC)O1. The summed E-state index contributed by atoms with van der Waals surface area (Å²) in [4.78, 5) is 11.4. The minimum atomic E-state index is -1.01. The van der Waals surface area contributed by atoms with E-state index in [-0.39, 0.29) is 12.5 Å². The first-order valence-electron chi connectivity index (χ1n) is 6.18. The lowest BCUT2D eigenvalue weighted by atomic mass is 10.1. The summed E-state index contributed by atoms with van der Waals surface area (Å²) in [7, 11) is 0. The number of aliphatic hydroxyl groups is 1. The number of rotatable bonds is 6. The first-order chi connectivity index (χ1) is 7.99. The topological polar surface area (TPSA) is 65.0 Å². The van der Waals surface area contributed by atoms with Crippen LogP contribution in [0.1, 0.15) is 46.5 Å². The number of carbonyl (C=O) groups excluding carboxylic acids is 1. The Hall–Kier alpha value is -0.650. The largest absolute Gasteiger partial charge is 0.436 e. The molecule has 1 aliphatic heterocycles. The Kier molecular flexibility index (Phi) is 5.36. The van der Waals surface area contributed by atoms with E-state index in [4.69, 9.17) is 19.3 Å². The molecule has 1 saturated heterocycles. The molecule has 1 aliphatic rings. The average molecular weight is 246 g/mol. The predicted octanol–water partition coefficient (Wildman–Crippen LogP) is 1.58. The smallest absolute Gasteiger partial charge is 0.308 e. The third kappa shape index (κ3) is 4.61. The molecule has 0 spiro atoms. The van der Waals surface area contributed by atoms with Crippen LogP contribution in [0.3, 0.4) is 0 Å². The normalized spacial score (nSPS) is 30.2. The molecule has 0 radical (unpaired) electrons. The van der Waals surface area contributed by atoms with E-state index in [2.05, 4.69) is 0 Å². The minimum absolute atomic E-state index is 0.109. The number of ether oxygens (including phenoxy) is 3. The molecule has 17 heavy (non-hydrogen) atoms. The van der Waals surface area contributed by atoms with Crippen LogP contribution in [0.25, 0.3) is 0 Å². The quantitative estimate of drug-likeness (QED) is 0.569. The van der Waals surface area contributed by atoms with Gasteiger partial charge in [0.1, 0.15) is 0 Å². The lowest BCUT2D eigenvalue weighted by molar-refractivity contribution is -0.180. The van der Waals surface area contributed by atoms with Crippen LogP contribution in [0.5, 0.6) is 0 Å². The molecule has 0 aromatic carbocycles. The van der Waals surface area contributed by atoms with E-state index in [1.807, 2.05) is 13.8 Å².